The average Bonchev–Trinajstić information content (AvgIpc) is 2.63. The third-order valence-electron chi connectivity index (χ3n) is 3.55. The normalized spacial score (nSPS) is 13.5. The van der Waals surface area contributed by atoms with Gasteiger partial charge in [0.15, 0.2) is 5.96 Å². The van der Waals surface area contributed by atoms with Gasteiger partial charge >= 0.3 is 0 Å². The number of nitrogens with one attached hydrogen (secondary N) is 2. The summed E-state index contributed by atoms with van der Waals surface area (Å²) in [6.07, 6.45) is 2.05. The van der Waals surface area contributed by atoms with Gasteiger partial charge in [0.05, 0.1) is 5.69 Å². The lowest BCUT2D eigenvalue weighted by Gasteiger charge is -2.16. The lowest BCUT2D eigenvalue weighted by atomic mass is 10.1. The Morgan fingerprint density at radius 1 is 1.42 bits per heavy atom. The molecule has 0 saturated carbocycles. The van der Waals surface area contributed by atoms with E-state index in [1.807, 2.05) is 11.7 Å². The second kappa shape index (κ2) is 7.16. The molecule has 108 valence electrons. The number of guanidine groups is 1. The zero-order valence-electron chi connectivity index (χ0n) is 13.0. The van der Waals surface area contributed by atoms with Gasteiger partial charge in [-0.15, -0.1) is 0 Å². The van der Waals surface area contributed by atoms with Gasteiger partial charge in [-0.25, -0.2) is 0 Å². The number of nitrogens with zero attached hydrogens (tertiary/aromatic N) is 3. The highest BCUT2D eigenvalue weighted by atomic mass is 15.3. The molecule has 1 heterocycles. The quantitative estimate of drug-likeness (QED) is 0.627. The van der Waals surface area contributed by atoms with E-state index in [0.717, 1.165) is 31.0 Å². The summed E-state index contributed by atoms with van der Waals surface area (Å²) in [6, 6.07) is 0.438. The molecule has 0 aliphatic heterocycles. The zero-order chi connectivity index (χ0) is 14.4. The Bertz CT molecular complexity index is 433. The molecule has 1 atom stereocenters. The van der Waals surface area contributed by atoms with E-state index in [1.54, 1.807) is 7.05 Å². The lowest BCUT2D eigenvalue weighted by molar-refractivity contribution is 0.624. The van der Waals surface area contributed by atoms with Gasteiger partial charge in [-0.3, -0.25) is 9.67 Å². The number of hydrogen-bond acceptors (Lipinski definition) is 2. The summed E-state index contributed by atoms with van der Waals surface area (Å²) >= 11 is 0. The van der Waals surface area contributed by atoms with Crippen molar-refractivity contribution < 1.29 is 0 Å². The molecular weight excluding hydrogens is 238 g/mol. The van der Waals surface area contributed by atoms with Crippen LogP contribution < -0.4 is 10.6 Å². The minimum absolute atomic E-state index is 0.438. The van der Waals surface area contributed by atoms with E-state index in [2.05, 4.69) is 48.4 Å². The van der Waals surface area contributed by atoms with Crippen molar-refractivity contribution in [2.24, 2.45) is 12.0 Å². The minimum Gasteiger partial charge on any atom is -0.356 e. The van der Waals surface area contributed by atoms with Gasteiger partial charge in [-0.2, -0.15) is 5.10 Å². The molecule has 0 spiro atoms. The van der Waals surface area contributed by atoms with Crippen molar-refractivity contribution >= 4 is 5.96 Å². The SMILES string of the molecule is CCC(C)NC(=NC)NCCc1c(C)nn(C)c1C. The molecule has 0 aliphatic carbocycles. The Morgan fingerprint density at radius 3 is 2.58 bits per heavy atom. The van der Waals surface area contributed by atoms with Crippen LogP contribution in [0.25, 0.3) is 0 Å². The molecule has 5 nitrogen and oxygen atoms in total. The van der Waals surface area contributed by atoms with Crippen molar-refractivity contribution in [3.05, 3.63) is 17.0 Å². The summed E-state index contributed by atoms with van der Waals surface area (Å²) < 4.78 is 1.94. The Labute approximate surface area is 116 Å². The number of rotatable bonds is 5. The topological polar surface area (TPSA) is 54.2 Å². The van der Waals surface area contributed by atoms with Crippen LogP contribution in [0.2, 0.25) is 0 Å². The van der Waals surface area contributed by atoms with Crippen molar-refractivity contribution in [1.82, 2.24) is 20.4 Å². The van der Waals surface area contributed by atoms with Crippen molar-refractivity contribution in [3.8, 4) is 0 Å². The maximum Gasteiger partial charge on any atom is 0.191 e. The van der Waals surface area contributed by atoms with Crippen LogP contribution in [0.5, 0.6) is 0 Å². The molecule has 1 unspecified atom stereocenters. The predicted molar refractivity (Wildman–Crippen MR) is 80.6 cm³/mol. The largest absolute Gasteiger partial charge is 0.356 e. The highest BCUT2D eigenvalue weighted by Crippen LogP contribution is 2.11. The van der Waals surface area contributed by atoms with Gasteiger partial charge < -0.3 is 10.6 Å². The molecule has 0 saturated heterocycles. The van der Waals surface area contributed by atoms with Crippen molar-refractivity contribution in [2.45, 2.75) is 46.6 Å². The second-order valence-corrected chi connectivity index (χ2v) is 4.98. The predicted octanol–water partition coefficient (Wildman–Crippen LogP) is 1.54. The summed E-state index contributed by atoms with van der Waals surface area (Å²) in [6.45, 7) is 9.36. The molecule has 2 N–H and O–H groups in total. The Kier molecular flexibility index (Phi) is 5.86. The molecular formula is C14H27N5. The van der Waals surface area contributed by atoms with Gasteiger partial charge in [0.2, 0.25) is 0 Å². The molecule has 0 bridgehead atoms. The van der Waals surface area contributed by atoms with Crippen LogP contribution >= 0.6 is 0 Å². The van der Waals surface area contributed by atoms with E-state index in [9.17, 15) is 0 Å². The summed E-state index contributed by atoms with van der Waals surface area (Å²) in [5.74, 6) is 0.869. The van der Waals surface area contributed by atoms with Crippen LogP contribution in [0, 0.1) is 13.8 Å². The van der Waals surface area contributed by atoms with Crippen LogP contribution in [-0.2, 0) is 13.5 Å². The van der Waals surface area contributed by atoms with E-state index in [1.165, 1.54) is 11.3 Å². The molecule has 0 aliphatic rings. The van der Waals surface area contributed by atoms with Gasteiger partial charge in [0, 0.05) is 32.4 Å². The maximum atomic E-state index is 4.43. The minimum atomic E-state index is 0.438. The lowest BCUT2D eigenvalue weighted by Crippen LogP contribution is -2.42. The highest BCUT2D eigenvalue weighted by molar-refractivity contribution is 5.79. The first-order chi connectivity index (χ1) is 8.99. The summed E-state index contributed by atoms with van der Waals surface area (Å²) in [4.78, 5) is 4.23. The fourth-order valence-electron chi connectivity index (χ4n) is 2.02. The monoisotopic (exact) mass is 265 g/mol. The first kappa shape index (κ1) is 15.5. The highest BCUT2D eigenvalue weighted by Gasteiger charge is 2.09. The number of aliphatic imine (C=N–C) groups is 1. The first-order valence-electron chi connectivity index (χ1n) is 6.95. The number of aryl methyl sites for hydroxylation is 2. The molecule has 1 aromatic heterocycles. The van der Waals surface area contributed by atoms with Crippen molar-refractivity contribution in [2.75, 3.05) is 13.6 Å². The molecule has 0 radical (unpaired) electrons. The van der Waals surface area contributed by atoms with Crippen LogP contribution in [-0.4, -0.2) is 35.4 Å². The van der Waals surface area contributed by atoms with Crippen molar-refractivity contribution in [1.29, 1.82) is 0 Å². The third kappa shape index (κ3) is 4.26. The van der Waals surface area contributed by atoms with Gasteiger partial charge in [0.25, 0.3) is 0 Å². The van der Waals surface area contributed by atoms with Crippen LogP contribution in [0.4, 0.5) is 0 Å². The van der Waals surface area contributed by atoms with Gasteiger partial charge in [0.1, 0.15) is 0 Å². The Morgan fingerprint density at radius 2 is 2.11 bits per heavy atom. The molecule has 0 fully saturated rings. The molecule has 0 amide bonds. The van der Waals surface area contributed by atoms with Crippen LogP contribution in [0.15, 0.2) is 4.99 Å². The second-order valence-electron chi connectivity index (χ2n) is 4.98. The molecule has 1 rings (SSSR count). The molecule has 19 heavy (non-hydrogen) atoms. The van der Waals surface area contributed by atoms with E-state index in [0.29, 0.717) is 6.04 Å². The third-order valence-corrected chi connectivity index (χ3v) is 3.55. The maximum absolute atomic E-state index is 4.43. The standard InChI is InChI=1S/C14H27N5/c1-7-10(2)17-14(15-5)16-9-8-13-11(3)18-19(6)12(13)4/h10H,7-9H2,1-6H3,(H2,15,16,17). The summed E-state index contributed by atoms with van der Waals surface area (Å²) in [5.41, 5.74) is 3.69. The van der Waals surface area contributed by atoms with Gasteiger partial charge in [-0.1, -0.05) is 6.92 Å². The summed E-state index contributed by atoms with van der Waals surface area (Å²) in [7, 11) is 3.79. The Balaban J connectivity index is 2.49. The number of hydrogen-bond donors (Lipinski definition) is 2. The van der Waals surface area contributed by atoms with Crippen molar-refractivity contribution in [3.63, 3.8) is 0 Å². The summed E-state index contributed by atoms with van der Waals surface area (Å²) in [5, 5.41) is 11.1. The molecule has 1 aromatic rings. The van der Waals surface area contributed by atoms with E-state index in [-0.39, 0.29) is 0 Å². The van der Waals surface area contributed by atoms with Gasteiger partial charge in [-0.05, 0) is 39.2 Å². The zero-order valence-corrected chi connectivity index (χ0v) is 13.0. The average molecular weight is 265 g/mol. The molecule has 5 heteroatoms. The first-order valence-corrected chi connectivity index (χ1v) is 6.95. The smallest absolute Gasteiger partial charge is 0.191 e. The fourth-order valence-corrected chi connectivity index (χ4v) is 2.02. The number of aromatic nitrogens is 2. The Hall–Kier alpha value is -1.52. The van der Waals surface area contributed by atoms with Crippen LogP contribution in [0.3, 0.4) is 0 Å². The van der Waals surface area contributed by atoms with E-state index in [4.69, 9.17) is 0 Å². The molecule has 0 aromatic carbocycles. The van der Waals surface area contributed by atoms with Crippen LogP contribution in [0.1, 0.15) is 37.2 Å². The van der Waals surface area contributed by atoms with E-state index < -0.39 is 0 Å². The van der Waals surface area contributed by atoms with E-state index >= 15 is 0 Å². The fraction of sp³-hybridized carbons (Fsp3) is 0.714.